The second kappa shape index (κ2) is 15.2. The monoisotopic (exact) mass is 492 g/mol. The minimum absolute atomic E-state index is 0.119. The van der Waals surface area contributed by atoms with Crippen molar-refractivity contribution in [2.24, 2.45) is 11.7 Å². The standard InChI is InChI=1S/C25H40N4O6/c1-17(2)22-16-34-13-5-6-14-35-19-10-8-18(9-11-19)15-21(23(30)27-22)29-25(33)28-20(24(31)32)7-3-4-12-26/h8-11,17,20-22H,3-7,12-16,26H2,1-2H3,(H,27,30)(H,31,32)(H2,28,29,33)/t20?,21-,22-/m1/s1. The molecule has 3 atom stereocenters. The lowest BCUT2D eigenvalue weighted by atomic mass is 10.0. The van der Waals surface area contributed by atoms with E-state index in [2.05, 4.69) is 16.0 Å². The van der Waals surface area contributed by atoms with Gasteiger partial charge in [0.1, 0.15) is 17.8 Å². The van der Waals surface area contributed by atoms with Crippen LogP contribution in [0, 0.1) is 5.92 Å². The van der Waals surface area contributed by atoms with E-state index < -0.39 is 24.1 Å². The van der Waals surface area contributed by atoms with Gasteiger partial charge < -0.3 is 36.3 Å². The average Bonchev–Trinajstić information content (AvgIpc) is 2.81. The number of urea groups is 1. The molecule has 2 aliphatic rings. The van der Waals surface area contributed by atoms with Crippen LogP contribution in [0.2, 0.25) is 0 Å². The predicted molar refractivity (Wildman–Crippen MR) is 132 cm³/mol. The minimum atomic E-state index is -1.13. The van der Waals surface area contributed by atoms with E-state index in [1.54, 1.807) is 0 Å². The summed E-state index contributed by atoms with van der Waals surface area (Å²) >= 11 is 0. The summed E-state index contributed by atoms with van der Waals surface area (Å²) in [5.74, 6) is -0.638. The van der Waals surface area contributed by atoms with Gasteiger partial charge in [-0.2, -0.15) is 0 Å². The molecule has 0 spiro atoms. The quantitative estimate of drug-likeness (QED) is 0.347. The summed E-state index contributed by atoms with van der Waals surface area (Å²) < 4.78 is 11.5. The average molecular weight is 493 g/mol. The maximum Gasteiger partial charge on any atom is 0.326 e. The normalized spacial score (nSPS) is 20.5. The summed E-state index contributed by atoms with van der Waals surface area (Å²) in [7, 11) is 0. The minimum Gasteiger partial charge on any atom is -0.494 e. The molecule has 0 aliphatic carbocycles. The van der Waals surface area contributed by atoms with Crippen LogP contribution in [0.3, 0.4) is 0 Å². The van der Waals surface area contributed by atoms with E-state index in [0.717, 1.165) is 24.2 Å². The summed E-state index contributed by atoms with van der Waals surface area (Å²) in [4.78, 5) is 37.5. The van der Waals surface area contributed by atoms with Crippen LogP contribution in [0.15, 0.2) is 24.3 Å². The summed E-state index contributed by atoms with van der Waals surface area (Å²) in [6, 6.07) is 4.47. The zero-order chi connectivity index (χ0) is 25.6. The highest BCUT2D eigenvalue weighted by Gasteiger charge is 2.27. The third kappa shape index (κ3) is 10.5. The molecule has 196 valence electrons. The number of carboxylic acid groups (broad SMARTS) is 1. The SMILES string of the molecule is CC(C)[C@H]1COCCCCOc2ccc(cc2)C[C@@H](NC(=O)NC(CCCCN)C(=O)O)C(=O)N1. The van der Waals surface area contributed by atoms with Crippen LogP contribution < -0.4 is 26.4 Å². The fraction of sp³-hybridized carbons (Fsp3) is 0.640. The number of aliphatic carboxylic acids is 1. The smallest absolute Gasteiger partial charge is 0.326 e. The molecule has 0 radical (unpaired) electrons. The second-order valence-electron chi connectivity index (χ2n) is 9.18. The fourth-order valence-corrected chi connectivity index (χ4v) is 3.67. The second-order valence-corrected chi connectivity index (χ2v) is 9.18. The number of hydrogen-bond acceptors (Lipinski definition) is 6. The van der Waals surface area contributed by atoms with Crippen molar-refractivity contribution >= 4 is 17.9 Å². The summed E-state index contributed by atoms with van der Waals surface area (Å²) in [6.07, 6.45) is 3.43. The number of nitrogens with one attached hydrogen (secondary N) is 3. The molecule has 35 heavy (non-hydrogen) atoms. The Balaban J connectivity index is 2.17. The molecular formula is C25H40N4O6. The lowest BCUT2D eigenvalue weighted by Crippen LogP contribution is -2.56. The van der Waals surface area contributed by atoms with Crippen LogP contribution in [0.1, 0.15) is 51.5 Å². The third-order valence-corrected chi connectivity index (χ3v) is 5.92. The van der Waals surface area contributed by atoms with Crippen molar-refractivity contribution in [1.29, 1.82) is 0 Å². The highest BCUT2D eigenvalue weighted by atomic mass is 16.5. The molecule has 1 unspecified atom stereocenters. The van der Waals surface area contributed by atoms with Crippen LogP contribution >= 0.6 is 0 Å². The molecular weight excluding hydrogens is 452 g/mol. The van der Waals surface area contributed by atoms with Crippen LogP contribution in [0.25, 0.3) is 0 Å². The predicted octanol–water partition coefficient (Wildman–Crippen LogP) is 1.81. The summed E-state index contributed by atoms with van der Waals surface area (Å²) in [5, 5.41) is 17.6. The molecule has 0 aromatic heterocycles. The molecule has 2 aliphatic heterocycles. The highest BCUT2D eigenvalue weighted by molar-refractivity contribution is 5.89. The van der Waals surface area contributed by atoms with E-state index in [9.17, 15) is 19.5 Å². The first-order chi connectivity index (χ1) is 16.8. The summed E-state index contributed by atoms with van der Waals surface area (Å²) in [6.45, 7) is 5.95. The first-order valence-corrected chi connectivity index (χ1v) is 12.4. The van der Waals surface area contributed by atoms with Gasteiger partial charge in [0.15, 0.2) is 0 Å². The number of nitrogens with two attached hydrogens (primary N) is 1. The van der Waals surface area contributed by atoms with E-state index >= 15 is 0 Å². The Morgan fingerprint density at radius 3 is 2.54 bits per heavy atom. The molecule has 3 amide bonds. The van der Waals surface area contributed by atoms with Crippen LogP contribution in [-0.4, -0.2) is 67.5 Å². The molecule has 0 saturated carbocycles. The van der Waals surface area contributed by atoms with E-state index in [1.165, 1.54) is 0 Å². The number of carbonyl (C=O) groups excluding carboxylic acids is 2. The van der Waals surface area contributed by atoms with Crippen molar-refractivity contribution in [2.75, 3.05) is 26.4 Å². The molecule has 2 bridgehead atoms. The van der Waals surface area contributed by atoms with Gasteiger partial charge in [0.05, 0.1) is 19.3 Å². The number of ether oxygens (including phenoxy) is 2. The number of amides is 3. The van der Waals surface area contributed by atoms with Gasteiger partial charge in [-0.3, -0.25) is 4.79 Å². The van der Waals surface area contributed by atoms with Crippen molar-refractivity contribution in [1.82, 2.24) is 16.0 Å². The molecule has 2 heterocycles. The molecule has 10 nitrogen and oxygen atoms in total. The molecule has 10 heteroatoms. The zero-order valence-corrected chi connectivity index (χ0v) is 20.8. The van der Waals surface area contributed by atoms with Gasteiger partial charge >= 0.3 is 12.0 Å². The number of hydrogen-bond donors (Lipinski definition) is 5. The third-order valence-electron chi connectivity index (χ3n) is 5.92. The van der Waals surface area contributed by atoms with Gasteiger partial charge in [-0.15, -0.1) is 0 Å². The molecule has 6 N–H and O–H groups in total. The summed E-state index contributed by atoms with van der Waals surface area (Å²) in [5.41, 5.74) is 6.31. The molecule has 1 aromatic carbocycles. The van der Waals surface area contributed by atoms with E-state index in [1.807, 2.05) is 38.1 Å². The van der Waals surface area contributed by atoms with E-state index in [-0.39, 0.29) is 30.7 Å². The molecule has 3 rings (SSSR count). The first kappa shape index (κ1) is 28.4. The Morgan fingerprint density at radius 1 is 1.17 bits per heavy atom. The largest absolute Gasteiger partial charge is 0.494 e. The Hall–Kier alpha value is -2.85. The van der Waals surface area contributed by atoms with Crippen LogP contribution in [0.4, 0.5) is 4.79 Å². The van der Waals surface area contributed by atoms with Gasteiger partial charge in [0.2, 0.25) is 5.91 Å². The van der Waals surface area contributed by atoms with Gasteiger partial charge in [-0.25, -0.2) is 9.59 Å². The lowest BCUT2D eigenvalue weighted by molar-refractivity contribution is -0.139. The Morgan fingerprint density at radius 2 is 1.89 bits per heavy atom. The topological polar surface area (TPSA) is 152 Å². The highest BCUT2D eigenvalue weighted by Crippen LogP contribution is 2.15. The van der Waals surface area contributed by atoms with E-state index in [0.29, 0.717) is 39.2 Å². The van der Waals surface area contributed by atoms with Crippen molar-refractivity contribution in [3.8, 4) is 5.75 Å². The van der Waals surface area contributed by atoms with Crippen LogP contribution in [0.5, 0.6) is 5.75 Å². The fourth-order valence-electron chi connectivity index (χ4n) is 3.67. The molecule has 0 saturated heterocycles. The van der Waals surface area contributed by atoms with Crippen molar-refractivity contribution in [3.05, 3.63) is 29.8 Å². The maximum absolute atomic E-state index is 13.2. The Kier molecular flexibility index (Phi) is 12.3. The number of benzene rings is 1. The van der Waals surface area contributed by atoms with Gasteiger partial charge in [0.25, 0.3) is 0 Å². The van der Waals surface area contributed by atoms with Crippen molar-refractivity contribution in [2.45, 2.75) is 70.5 Å². The Bertz CT molecular complexity index is 802. The first-order valence-electron chi connectivity index (χ1n) is 12.4. The molecule has 0 fully saturated rings. The molecule has 1 aromatic rings. The number of carboxylic acids is 1. The van der Waals surface area contributed by atoms with Gasteiger partial charge in [0, 0.05) is 13.0 Å². The number of rotatable bonds is 8. The van der Waals surface area contributed by atoms with Crippen molar-refractivity contribution in [3.63, 3.8) is 0 Å². The van der Waals surface area contributed by atoms with Crippen molar-refractivity contribution < 1.29 is 29.0 Å². The number of carbonyl (C=O) groups is 3. The van der Waals surface area contributed by atoms with Crippen LogP contribution in [-0.2, 0) is 20.7 Å². The van der Waals surface area contributed by atoms with E-state index in [4.69, 9.17) is 15.2 Å². The van der Waals surface area contributed by atoms with Gasteiger partial charge in [-0.05, 0) is 62.3 Å². The van der Waals surface area contributed by atoms with Gasteiger partial charge in [-0.1, -0.05) is 26.0 Å². The zero-order valence-electron chi connectivity index (χ0n) is 20.8. The maximum atomic E-state index is 13.2. The number of fused-ring (bicyclic) bond motifs is 13. The number of unbranched alkanes of at least 4 members (excludes halogenated alkanes) is 1. The lowest BCUT2D eigenvalue weighted by Gasteiger charge is -2.26. The Labute approximate surface area is 207 Å².